The summed E-state index contributed by atoms with van der Waals surface area (Å²) < 4.78 is 10.7. The van der Waals surface area contributed by atoms with Crippen LogP contribution in [0.1, 0.15) is 25.0 Å². The van der Waals surface area contributed by atoms with Crippen LogP contribution in [-0.2, 0) is 0 Å². The zero-order valence-electron chi connectivity index (χ0n) is 14.4. The van der Waals surface area contributed by atoms with Crippen molar-refractivity contribution in [2.75, 3.05) is 14.2 Å². The van der Waals surface area contributed by atoms with Gasteiger partial charge in [0, 0.05) is 0 Å². The maximum Gasteiger partial charge on any atom is 0.119 e. The van der Waals surface area contributed by atoms with Gasteiger partial charge in [-0.1, -0.05) is 46.8 Å². The molecule has 3 heteroatoms. The van der Waals surface area contributed by atoms with E-state index >= 15 is 0 Å². The maximum absolute atomic E-state index is 5.35. The predicted molar refractivity (Wildman–Crippen MR) is 103 cm³/mol. The Hall–Kier alpha value is -2.26. The lowest BCUT2D eigenvalue weighted by Crippen LogP contribution is -2.31. The minimum atomic E-state index is -0.658. The van der Waals surface area contributed by atoms with Crippen molar-refractivity contribution < 1.29 is 9.47 Å². The molecule has 23 heavy (non-hydrogen) atoms. The van der Waals surface area contributed by atoms with Crippen molar-refractivity contribution in [3.63, 3.8) is 0 Å². The first-order valence-corrected chi connectivity index (χ1v) is 9.03. The zero-order valence-corrected chi connectivity index (χ0v) is 15.8. The lowest BCUT2D eigenvalue weighted by atomic mass is 10.1. The molecule has 0 unspecified atom stereocenters. The average molecular weight is 324 g/mol. The van der Waals surface area contributed by atoms with Crippen molar-refractivity contribution in [1.29, 1.82) is 0 Å². The van der Waals surface area contributed by atoms with E-state index in [4.69, 9.17) is 9.47 Å². The molecule has 0 atom stereocenters. The number of hydrogen-bond donors (Lipinski definition) is 0. The van der Waals surface area contributed by atoms with E-state index in [1.807, 2.05) is 26.0 Å². The average Bonchev–Trinajstić information content (AvgIpc) is 2.55. The second kappa shape index (κ2) is 7.33. The summed E-state index contributed by atoms with van der Waals surface area (Å²) in [6.45, 7) is 12.3. The van der Waals surface area contributed by atoms with E-state index in [1.54, 1.807) is 14.2 Å². The maximum atomic E-state index is 5.35. The first-order valence-electron chi connectivity index (χ1n) is 7.62. The highest BCUT2D eigenvalue weighted by Gasteiger charge is 2.11. The van der Waals surface area contributed by atoms with Crippen LogP contribution in [0.25, 0.3) is 11.1 Å². The Morgan fingerprint density at radius 1 is 0.783 bits per heavy atom. The van der Waals surface area contributed by atoms with Crippen molar-refractivity contribution in [3.05, 3.63) is 60.7 Å². The van der Waals surface area contributed by atoms with Gasteiger partial charge in [-0.05, 0) is 49.2 Å². The monoisotopic (exact) mass is 324 g/mol. The Balaban J connectivity index is 2.47. The van der Waals surface area contributed by atoms with Crippen molar-refractivity contribution in [3.8, 4) is 11.5 Å². The Morgan fingerprint density at radius 3 is 1.48 bits per heavy atom. The standard InChI is InChI=1S/C20H24O2Si/c1-13(2)17-11-15(21-5)7-9-19(17)23-20-10-8-16(22-6)12-18(20)14(3)4/h7-12H,1,3,23H2,2,4-6H3. The fourth-order valence-corrected chi connectivity index (χ4v) is 4.74. The van der Waals surface area contributed by atoms with Gasteiger partial charge in [-0.25, -0.2) is 0 Å². The van der Waals surface area contributed by atoms with Gasteiger partial charge < -0.3 is 9.47 Å². The number of hydrogen-bond acceptors (Lipinski definition) is 2. The molecule has 0 fully saturated rings. The van der Waals surface area contributed by atoms with Crippen LogP contribution in [0.2, 0.25) is 0 Å². The molecule has 2 aromatic carbocycles. The molecule has 0 saturated carbocycles. The van der Waals surface area contributed by atoms with Crippen LogP contribution in [0.15, 0.2) is 49.6 Å². The van der Waals surface area contributed by atoms with Crippen LogP contribution in [0.5, 0.6) is 11.5 Å². The lowest BCUT2D eigenvalue weighted by molar-refractivity contribution is 0.414. The molecule has 2 nitrogen and oxygen atoms in total. The number of allylic oxidation sites excluding steroid dienone is 2. The smallest absolute Gasteiger partial charge is 0.119 e. The van der Waals surface area contributed by atoms with Gasteiger partial charge in [0.15, 0.2) is 0 Å². The van der Waals surface area contributed by atoms with Crippen LogP contribution in [0.4, 0.5) is 0 Å². The summed E-state index contributed by atoms with van der Waals surface area (Å²) >= 11 is 0. The molecule has 2 rings (SSSR count). The van der Waals surface area contributed by atoms with E-state index in [0.29, 0.717) is 0 Å². The van der Waals surface area contributed by atoms with E-state index < -0.39 is 9.52 Å². The number of benzene rings is 2. The summed E-state index contributed by atoms with van der Waals surface area (Å²) in [5, 5.41) is 2.73. The molecular weight excluding hydrogens is 300 g/mol. The van der Waals surface area contributed by atoms with Gasteiger partial charge in [-0.3, -0.25) is 0 Å². The Bertz CT molecular complexity index is 684. The summed E-state index contributed by atoms with van der Waals surface area (Å²) in [4.78, 5) is 0. The Morgan fingerprint density at radius 2 is 1.17 bits per heavy atom. The normalized spacial score (nSPS) is 10.3. The number of ether oxygens (including phenoxy) is 2. The fourth-order valence-electron chi connectivity index (χ4n) is 2.67. The molecule has 0 aromatic heterocycles. The summed E-state index contributed by atoms with van der Waals surface area (Å²) in [5.41, 5.74) is 4.52. The van der Waals surface area contributed by atoms with Crippen molar-refractivity contribution in [2.45, 2.75) is 13.8 Å². The second-order valence-corrected chi connectivity index (χ2v) is 7.66. The molecule has 0 aliphatic heterocycles. The predicted octanol–water partition coefficient (Wildman–Crippen LogP) is 2.89. The van der Waals surface area contributed by atoms with Gasteiger partial charge in [-0.15, -0.1) is 0 Å². The molecule has 2 aromatic rings. The third kappa shape index (κ3) is 3.93. The summed E-state index contributed by atoms with van der Waals surface area (Å²) in [5.74, 6) is 1.74. The molecule has 0 saturated heterocycles. The SMILES string of the molecule is C=C(C)c1cc(OC)ccc1[SiH2]c1ccc(OC)cc1C(=C)C. The van der Waals surface area contributed by atoms with E-state index in [0.717, 1.165) is 22.6 Å². The summed E-state index contributed by atoms with van der Waals surface area (Å²) in [6.07, 6.45) is 0. The largest absolute Gasteiger partial charge is 0.497 e. The van der Waals surface area contributed by atoms with Gasteiger partial charge in [0.05, 0.1) is 23.7 Å². The van der Waals surface area contributed by atoms with Gasteiger partial charge >= 0.3 is 0 Å². The molecule has 0 heterocycles. The van der Waals surface area contributed by atoms with Crippen molar-refractivity contribution in [1.82, 2.24) is 0 Å². The quantitative estimate of drug-likeness (QED) is 0.761. The molecule has 120 valence electrons. The highest BCUT2D eigenvalue weighted by Crippen LogP contribution is 2.19. The lowest BCUT2D eigenvalue weighted by Gasteiger charge is -2.15. The molecule has 0 radical (unpaired) electrons. The molecule has 0 aliphatic rings. The molecule has 0 bridgehead atoms. The number of rotatable bonds is 6. The van der Waals surface area contributed by atoms with Crippen molar-refractivity contribution in [2.24, 2.45) is 0 Å². The highest BCUT2D eigenvalue weighted by molar-refractivity contribution is 6.69. The van der Waals surface area contributed by atoms with E-state index in [9.17, 15) is 0 Å². The molecule has 0 spiro atoms. The van der Waals surface area contributed by atoms with Crippen LogP contribution >= 0.6 is 0 Å². The molecular formula is C20H24O2Si. The van der Waals surface area contributed by atoms with Crippen LogP contribution < -0.4 is 19.8 Å². The topological polar surface area (TPSA) is 18.5 Å². The first kappa shape index (κ1) is 17.1. The van der Waals surface area contributed by atoms with Crippen molar-refractivity contribution >= 4 is 31.0 Å². The van der Waals surface area contributed by atoms with Gasteiger partial charge in [0.25, 0.3) is 0 Å². The first-order chi connectivity index (χ1) is 11.0. The zero-order chi connectivity index (χ0) is 17.0. The summed E-state index contributed by atoms with van der Waals surface area (Å²) in [7, 11) is 2.73. The highest BCUT2D eigenvalue weighted by atomic mass is 28.2. The van der Waals surface area contributed by atoms with Crippen LogP contribution in [0.3, 0.4) is 0 Å². The molecule has 0 amide bonds. The second-order valence-electron chi connectivity index (χ2n) is 5.78. The molecule has 0 N–H and O–H groups in total. The van der Waals surface area contributed by atoms with Crippen LogP contribution in [-0.4, -0.2) is 23.7 Å². The third-order valence-corrected chi connectivity index (χ3v) is 5.93. The minimum Gasteiger partial charge on any atom is -0.497 e. The third-order valence-electron chi connectivity index (χ3n) is 3.93. The Kier molecular flexibility index (Phi) is 5.45. The van der Waals surface area contributed by atoms with Gasteiger partial charge in [-0.2, -0.15) is 0 Å². The van der Waals surface area contributed by atoms with Gasteiger partial charge in [0.2, 0.25) is 0 Å². The van der Waals surface area contributed by atoms with E-state index in [2.05, 4.69) is 37.4 Å². The Labute approximate surface area is 141 Å². The fraction of sp³-hybridized carbons (Fsp3) is 0.200. The number of methoxy groups -OCH3 is 2. The van der Waals surface area contributed by atoms with Crippen LogP contribution in [0, 0.1) is 0 Å². The minimum absolute atomic E-state index is 0.658. The van der Waals surface area contributed by atoms with E-state index in [-0.39, 0.29) is 0 Å². The van der Waals surface area contributed by atoms with Gasteiger partial charge in [0.1, 0.15) is 11.5 Å². The molecule has 0 aliphatic carbocycles. The van der Waals surface area contributed by atoms with E-state index in [1.165, 1.54) is 21.5 Å². The summed E-state index contributed by atoms with van der Waals surface area (Å²) in [6, 6.07) is 12.5.